The zero-order valence-corrected chi connectivity index (χ0v) is 28.3. The molecule has 0 aliphatic heterocycles. The van der Waals surface area contributed by atoms with Crippen molar-refractivity contribution in [1.82, 2.24) is 0 Å². The second-order valence-electron chi connectivity index (χ2n) is 17.3. The van der Waals surface area contributed by atoms with Crippen molar-refractivity contribution < 1.29 is 29.0 Å². The van der Waals surface area contributed by atoms with E-state index in [1.54, 1.807) is 0 Å². The number of carbonyl (C=O) groups is 3. The number of unbranched alkanes of at least 4 members (excludes halogenated alkanes) is 1. The van der Waals surface area contributed by atoms with Gasteiger partial charge in [0.05, 0.1) is 12.5 Å². The molecule has 0 bridgehead atoms. The van der Waals surface area contributed by atoms with Gasteiger partial charge in [0.2, 0.25) is 0 Å². The number of rotatable bonds is 7. The van der Waals surface area contributed by atoms with E-state index in [1.165, 1.54) is 12.7 Å². The Kier molecular flexibility index (Phi) is 8.25. The Morgan fingerprint density at radius 1 is 0.837 bits per heavy atom. The Bertz CT molecular complexity index is 1170. The average molecular weight is 599 g/mol. The fourth-order valence-corrected chi connectivity index (χ4v) is 11.7. The molecule has 6 heteroatoms. The van der Waals surface area contributed by atoms with Gasteiger partial charge in [0.15, 0.2) is 0 Å². The Hall–Kier alpha value is -1.85. The Morgan fingerprint density at radius 3 is 2.14 bits per heavy atom. The van der Waals surface area contributed by atoms with E-state index in [4.69, 9.17) is 9.47 Å². The van der Waals surface area contributed by atoms with Gasteiger partial charge < -0.3 is 14.6 Å². The predicted octanol–water partition coefficient (Wildman–Crippen LogP) is 8.52. The number of carbonyl (C=O) groups excluding carboxylic acids is 2. The van der Waals surface area contributed by atoms with Gasteiger partial charge in [0.25, 0.3) is 0 Å². The van der Waals surface area contributed by atoms with Crippen molar-refractivity contribution in [1.29, 1.82) is 0 Å². The van der Waals surface area contributed by atoms with E-state index in [2.05, 4.69) is 54.5 Å². The lowest BCUT2D eigenvalue weighted by Gasteiger charge is -2.71. The van der Waals surface area contributed by atoms with Gasteiger partial charge in [-0.1, -0.05) is 60.1 Å². The number of aliphatic carboxylic acids is 1. The summed E-state index contributed by atoms with van der Waals surface area (Å²) in [4.78, 5) is 37.2. The third-order valence-electron chi connectivity index (χ3n) is 14.5. The molecule has 0 aromatic heterocycles. The van der Waals surface area contributed by atoms with Crippen LogP contribution in [0.15, 0.2) is 11.6 Å². The van der Waals surface area contributed by atoms with Crippen molar-refractivity contribution >= 4 is 17.9 Å². The number of esters is 2. The van der Waals surface area contributed by atoms with Crippen LogP contribution in [-0.4, -0.2) is 36.2 Å². The maximum Gasteiger partial charge on any atom is 0.310 e. The Morgan fingerprint density at radius 2 is 1.49 bits per heavy atom. The van der Waals surface area contributed by atoms with Gasteiger partial charge in [-0.3, -0.25) is 14.4 Å². The number of fused-ring (bicyclic) bond motifs is 7. The highest BCUT2D eigenvalue weighted by molar-refractivity contribution is 5.76. The molecule has 0 aromatic rings. The third-order valence-corrected chi connectivity index (χ3v) is 14.5. The second-order valence-corrected chi connectivity index (χ2v) is 17.3. The fraction of sp³-hybridized carbons (Fsp3) is 0.865. The molecule has 5 aliphatic rings. The molecule has 43 heavy (non-hydrogen) atoms. The summed E-state index contributed by atoms with van der Waals surface area (Å²) < 4.78 is 10.9. The summed E-state index contributed by atoms with van der Waals surface area (Å²) in [7, 11) is 1.39. The molecule has 0 heterocycles. The standard InChI is InChI=1S/C37H58O6/c1-32(2)19-21-37(31(40)41)22-20-35(6)24(25(37)23-32)13-14-27-34(5)17-16-28(33(3,4)26(34)15-18-36(27,35)7)43-30(39)12-10-9-11-29(38)42-8/h13,25-28H,9-12,14-23H2,1-8H3,(H,40,41)/t25-,26-,27+,28-,34-,35+,36+,37-/m0/s1. The minimum absolute atomic E-state index is 0.0125. The summed E-state index contributed by atoms with van der Waals surface area (Å²) in [5.74, 6) is 0.158. The van der Waals surface area contributed by atoms with Gasteiger partial charge in [0, 0.05) is 18.3 Å². The van der Waals surface area contributed by atoms with Gasteiger partial charge in [-0.05, 0) is 116 Å². The molecule has 0 unspecified atom stereocenters. The molecule has 6 nitrogen and oxygen atoms in total. The first-order chi connectivity index (χ1) is 20.0. The summed E-state index contributed by atoms with van der Waals surface area (Å²) in [5.41, 5.74) is 1.19. The molecule has 0 radical (unpaired) electrons. The number of carboxylic acids is 1. The van der Waals surface area contributed by atoms with E-state index in [1.807, 2.05) is 0 Å². The molecule has 5 aliphatic carbocycles. The number of allylic oxidation sites excluding steroid dienone is 2. The van der Waals surface area contributed by atoms with Crippen LogP contribution in [0, 0.1) is 50.2 Å². The first-order valence-corrected chi connectivity index (χ1v) is 17.2. The summed E-state index contributed by atoms with van der Waals surface area (Å²) in [6.45, 7) is 16.9. The Labute approximate surface area is 260 Å². The highest BCUT2D eigenvalue weighted by Crippen LogP contribution is 2.75. The van der Waals surface area contributed by atoms with Crippen molar-refractivity contribution in [2.75, 3.05) is 7.11 Å². The molecule has 242 valence electrons. The van der Waals surface area contributed by atoms with Crippen LogP contribution in [0.2, 0.25) is 0 Å². The van der Waals surface area contributed by atoms with Crippen LogP contribution in [0.1, 0.15) is 138 Å². The van der Waals surface area contributed by atoms with Crippen LogP contribution < -0.4 is 0 Å². The minimum atomic E-state index is -0.603. The smallest absolute Gasteiger partial charge is 0.310 e. The van der Waals surface area contributed by atoms with Gasteiger partial charge in [-0.25, -0.2) is 0 Å². The molecule has 4 saturated carbocycles. The largest absolute Gasteiger partial charge is 0.481 e. The highest BCUT2D eigenvalue weighted by atomic mass is 16.5. The topological polar surface area (TPSA) is 89.9 Å². The van der Waals surface area contributed by atoms with E-state index in [0.717, 1.165) is 64.2 Å². The van der Waals surface area contributed by atoms with E-state index in [9.17, 15) is 19.5 Å². The zero-order valence-electron chi connectivity index (χ0n) is 28.3. The lowest BCUT2D eigenvalue weighted by molar-refractivity contribution is -0.214. The number of hydrogen-bond acceptors (Lipinski definition) is 5. The van der Waals surface area contributed by atoms with Crippen molar-refractivity contribution in [2.24, 2.45) is 50.2 Å². The van der Waals surface area contributed by atoms with Crippen LogP contribution in [-0.2, 0) is 23.9 Å². The van der Waals surface area contributed by atoms with Crippen LogP contribution in [0.3, 0.4) is 0 Å². The summed E-state index contributed by atoms with van der Waals surface area (Å²) in [6, 6.07) is 0. The van der Waals surface area contributed by atoms with Gasteiger partial charge >= 0.3 is 17.9 Å². The molecule has 1 N–H and O–H groups in total. The van der Waals surface area contributed by atoms with E-state index < -0.39 is 11.4 Å². The second kappa shape index (κ2) is 10.9. The number of ether oxygens (including phenoxy) is 2. The first kappa shape index (κ1) is 32.5. The van der Waals surface area contributed by atoms with Crippen molar-refractivity contribution in [3.05, 3.63) is 11.6 Å². The summed E-state index contributed by atoms with van der Waals surface area (Å²) in [5, 5.41) is 10.6. The average Bonchev–Trinajstić information content (AvgIpc) is 2.92. The lowest BCUT2D eigenvalue weighted by Crippen LogP contribution is -2.65. The number of carboxylic acid groups (broad SMARTS) is 1. The monoisotopic (exact) mass is 598 g/mol. The van der Waals surface area contributed by atoms with Gasteiger partial charge in [-0.15, -0.1) is 0 Å². The normalized spacial score (nSPS) is 42.7. The summed E-state index contributed by atoms with van der Waals surface area (Å²) >= 11 is 0. The Balaban J connectivity index is 1.37. The quantitative estimate of drug-likeness (QED) is 0.179. The van der Waals surface area contributed by atoms with Crippen LogP contribution in [0.5, 0.6) is 0 Å². The molecule has 0 saturated heterocycles. The van der Waals surface area contributed by atoms with Crippen LogP contribution >= 0.6 is 0 Å². The summed E-state index contributed by atoms with van der Waals surface area (Å²) in [6.07, 6.45) is 14.1. The number of methoxy groups -OCH3 is 1. The molecular weight excluding hydrogens is 540 g/mol. The molecule has 5 rings (SSSR count). The maximum atomic E-state index is 12.9. The van der Waals surface area contributed by atoms with Crippen LogP contribution in [0.4, 0.5) is 0 Å². The maximum absolute atomic E-state index is 12.9. The zero-order chi connectivity index (χ0) is 31.6. The molecule has 0 spiro atoms. The van der Waals surface area contributed by atoms with Gasteiger partial charge in [-0.2, -0.15) is 0 Å². The fourth-order valence-electron chi connectivity index (χ4n) is 11.7. The van der Waals surface area contributed by atoms with Crippen LogP contribution in [0.25, 0.3) is 0 Å². The lowest BCUT2D eigenvalue weighted by atomic mass is 9.33. The van der Waals surface area contributed by atoms with E-state index >= 15 is 0 Å². The predicted molar refractivity (Wildman–Crippen MR) is 167 cm³/mol. The SMILES string of the molecule is COC(=O)CCCCC(=O)O[C@H]1CC[C@]2(C)[C@H]3CC=C4[C@@H]5CC(C)(C)CC[C@]5(C(=O)O)CC[C@@]4(C)[C@]3(C)CC[C@H]2C1(C)C. The van der Waals surface area contributed by atoms with Gasteiger partial charge in [0.1, 0.15) is 6.10 Å². The van der Waals surface area contributed by atoms with Crippen molar-refractivity contribution in [3.8, 4) is 0 Å². The molecule has 8 atom stereocenters. The minimum Gasteiger partial charge on any atom is -0.481 e. The highest BCUT2D eigenvalue weighted by Gasteiger charge is 2.69. The molecule has 0 aromatic carbocycles. The first-order valence-electron chi connectivity index (χ1n) is 17.2. The molecule has 4 fully saturated rings. The van der Waals surface area contributed by atoms with E-state index in [0.29, 0.717) is 37.5 Å². The van der Waals surface area contributed by atoms with Crippen molar-refractivity contribution in [2.45, 2.75) is 144 Å². The molecular formula is C37H58O6. The third kappa shape index (κ3) is 5.00. The van der Waals surface area contributed by atoms with Crippen molar-refractivity contribution in [3.63, 3.8) is 0 Å². The van der Waals surface area contributed by atoms with E-state index in [-0.39, 0.29) is 51.0 Å². The number of hydrogen-bond donors (Lipinski definition) is 1. The molecule has 0 amide bonds.